The van der Waals surface area contributed by atoms with Crippen molar-refractivity contribution in [3.8, 4) is 33.4 Å². The zero-order valence-corrected chi connectivity index (χ0v) is 26.1. The van der Waals surface area contributed by atoms with Crippen LogP contribution in [-0.2, 0) is 0 Å². The van der Waals surface area contributed by atoms with E-state index in [1.165, 1.54) is 55.3 Å². The standard InChI is InChI=1S/C45H32N2/c1-30-39-16-5-6-17-41(39)42-26-25-38(29-43(30)42)47(36-23-21-32(22-24-36)31-10-3-2-4-11-31)37-15-7-13-35(28-37)40-18-8-12-33-19-20-34-14-9-27-46-45(34)44(33)40/h2-30H,1H3. The summed E-state index contributed by atoms with van der Waals surface area (Å²) in [7, 11) is 0. The van der Waals surface area contributed by atoms with Crippen molar-refractivity contribution < 1.29 is 0 Å². The quantitative estimate of drug-likeness (QED) is 0.183. The summed E-state index contributed by atoms with van der Waals surface area (Å²) in [4.78, 5) is 7.23. The minimum absolute atomic E-state index is 0.339. The van der Waals surface area contributed by atoms with E-state index in [2.05, 4.69) is 170 Å². The Morgan fingerprint density at radius 3 is 2.00 bits per heavy atom. The largest absolute Gasteiger partial charge is 0.310 e. The molecule has 8 aromatic rings. The SMILES string of the molecule is CC1c2ccccc2-c2ccc(N(c3ccc(-c4ccccc4)cc3)c3cccc(-c4cccc5ccc6cccnc6c45)c3)cc21. The van der Waals surface area contributed by atoms with Crippen molar-refractivity contribution in [3.05, 3.63) is 181 Å². The fraction of sp³-hybridized carbons (Fsp3) is 0.0444. The predicted octanol–water partition coefficient (Wildman–Crippen LogP) is 12.3. The average Bonchev–Trinajstić information content (AvgIpc) is 3.43. The molecule has 0 saturated carbocycles. The van der Waals surface area contributed by atoms with E-state index < -0.39 is 0 Å². The third-order valence-electron chi connectivity index (χ3n) is 9.74. The number of rotatable bonds is 5. The molecule has 0 saturated heterocycles. The smallest absolute Gasteiger partial charge is 0.0786 e. The van der Waals surface area contributed by atoms with Crippen LogP contribution in [0.3, 0.4) is 0 Å². The normalized spacial score (nSPS) is 13.4. The summed E-state index contributed by atoms with van der Waals surface area (Å²) in [5, 5.41) is 3.53. The Bertz CT molecular complexity index is 2430. The highest BCUT2D eigenvalue weighted by Gasteiger charge is 2.26. The second-order valence-electron chi connectivity index (χ2n) is 12.4. The second-order valence-corrected chi connectivity index (χ2v) is 12.4. The van der Waals surface area contributed by atoms with Gasteiger partial charge in [-0.05, 0) is 92.4 Å². The zero-order chi connectivity index (χ0) is 31.3. The molecule has 0 radical (unpaired) electrons. The molecular formula is C45H32N2. The molecule has 2 nitrogen and oxygen atoms in total. The van der Waals surface area contributed by atoms with Crippen molar-refractivity contribution in [2.75, 3.05) is 4.90 Å². The van der Waals surface area contributed by atoms with Gasteiger partial charge in [0, 0.05) is 39.9 Å². The lowest BCUT2D eigenvalue weighted by Gasteiger charge is -2.27. The van der Waals surface area contributed by atoms with Crippen molar-refractivity contribution >= 4 is 38.7 Å². The maximum Gasteiger partial charge on any atom is 0.0786 e. The number of nitrogens with zero attached hydrogens (tertiary/aromatic N) is 2. The van der Waals surface area contributed by atoms with Gasteiger partial charge in [-0.1, -0.05) is 128 Å². The van der Waals surface area contributed by atoms with Crippen LogP contribution in [0, 0.1) is 0 Å². The molecule has 0 bridgehead atoms. The monoisotopic (exact) mass is 600 g/mol. The summed E-state index contributed by atoms with van der Waals surface area (Å²) in [5.41, 5.74) is 14.6. The Morgan fingerprint density at radius 1 is 0.447 bits per heavy atom. The van der Waals surface area contributed by atoms with Crippen LogP contribution in [0.1, 0.15) is 24.0 Å². The van der Waals surface area contributed by atoms with Crippen LogP contribution >= 0.6 is 0 Å². The molecule has 222 valence electrons. The lowest BCUT2D eigenvalue weighted by molar-refractivity contribution is 0.956. The maximum atomic E-state index is 4.83. The Morgan fingerprint density at radius 2 is 1.11 bits per heavy atom. The molecule has 0 N–H and O–H groups in total. The molecule has 1 unspecified atom stereocenters. The Hall–Kier alpha value is -5.99. The van der Waals surface area contributed by atoms with Crippen LogP contribution in [0.15, 0.2) is 170 Å². The minimum Gasteiger partial charge on any atom is -0.310 e. The van der Waals surface area contributed by atoms with Gasteiger partial charge in [-0.3, -0.25) is 4.98 Å². The molecule has 0 fully saturated rings. The summed E-state index contributed by atoms with van der Waals surface area (Å²) in [6, 6.07) is 59.4. The van der Waals surface area contributed by atoms with E-state index in [0.29, 0.717) is 5.92 Å². The molecule has 1 aliphatic carbocycles. The summed E-state index contributed by atoms with van der Waals surface area (Å²) >= 11 is 0. The van der Waals surface area contributed by atoms with E-state index >= 15 is 0 Å². The number of fused-ring (bicyclic) bond motifs is 6. The number of benzene rings is 7. The third kappa shape index (κ3) is 4.61. The first kappa shape index (κ1) is 27.3. The summed E-state index contributed by atoms with van der Waals surface area (Å²) < 4.78 is 0. The zero-order valence-electron chi connectivity index (χ0n) is 26.1. The van der Waals surface area contributed by atoms with Gasteiger partial charge >= 0.3 is 0 Å². The van der Waals surface area contributed by atoms with Crippen LogP contribution in [-0.4, -0.2) is 4.98 Å². The summed E-state index contributed by atoms with van der Waals surface area (Å²) in [6.07, 6.45) is 1.89. The van der Waals surface area contributed by atoms with Crippen LogP contribution in [0.25, 0.3) is 55.1 Å². The van der Waals surface area contributed by atoms with Crippen LogP contribution in [0.4, 0.5) is 17.1 Å². The van der Waals surface area contributed by atoms with Gasteiger partial charge in [0.25, 0.3) is 0 Å². The molecular weight excluding hydrogens is 569 g/mol. The van der Waals surface area contributed by atoms with Crippen molar-refractivity contribution in [2.45, 2.75) is 12.8 Å². The highest BCUT2D eigenvalue weighted by Crippen LogP contribution is 2.48. The maximum absolute atomic E-state index is 4.83. The third-order valence-corrected chi connectivity index (χ3v) is 9.74. The predicted molar refractivity (Wildman–Crippen MR) is 198 cm³/mol. The van der Waals surface area contributed by atoms with Gasteiger partial charge in [-0.15, -0.1) is 0 Å². The van der Waals surface area contributed by atoms with Crippen molar-refractivity contribution in [1.82, 2.24) is 4.98 Å². The average molecular weight is 601 g/mol. The molecule has 2 heteroatoms. The first-order valence-corrected chi connectivity index (χ1v) is 16.3. The van der Waals surface area contributed by atoms with Gasteiger partial charge in [0.05, 0.1) is 5.52 Å². The molecule has 0 amide bonds. The van der Waals surface area contributed by atoms with Crippen LogP contribution < -0.4 is 4.90 Å². The highest BCUT2D eigenvalue weighted by atomic mass is 15.1. The lowest BCUT2D eigenvalue weighted by Crippen LogP contribution is -2.10. The summed E-state index contributed by atoms with van der Waals surface area (Å²) in [5.74, 6) is 0.339. The van der Waals surface area contributed by atoms with E-state index in [1.807, 2.05) is 12.3 Å². The topological polar surface area (TPSA) is 16.1 Å². The number of pyridine rings is 1. The Balaban J connectivity index is 1.21. The van der Waals surface area contributed by atoms with Crippen molar-refractivity contribution in [2.24, 2.45) is 0 Å². The first-order chi connectivity index (χ1) is 23.2. The number of hydrogen-bond donors (Lipinski definition) is 0. The Labute approximate surface area is 275 Å². The molecule has 1 aliphatic rings. The van der Waals surface area contributed by atoms with Crippen molar-refractivity contribution in [3.63, 3.8) is 0 Å². The molecule has 47 heavy (non-hydrogen) atoms. The van der Waals surface area contributed by atoms with E-state index in [9.17, 15) is 0 Å². The van der Waals surface area contributed by atoms with E-state index in [1.54, 1.807) is 0 Å². The van der Waals surface area contributed by atoms with Gasteiger partial charge in [-0.25, -0.2) is 0 Å². The number of aromatic nitrogens is 1. The summed E-state index contributed by atoms with van der Waals surface area (Å²) in [6.45, 7) is 2.33. The molecule has 0 aliphatic heterocycles. The van der Waals surface area contributed by atoms with Gasteiger partial charge in [0.1, 0.15) is 0 Å². The highest BCUT2D eigenvalue weighted by molar-refractivity contribution is 6.12. The van der Waals surface area contributed by atoms with E-state index in [0.717, 1.165) is 28.0 Å². The number of anilines is 3. The van der Waals surface area contributed by atoms with E-state index in [-0.39, 0.29) is 0 Å². The van der Waals surface area contributed by atoms with Gasteiger partial charge in [0.15, 0.2) is 0 Å². The fourth-order valence-corrected chi connectivity index (χ4v) is 7.43. The fourth-order valence-electron chi connectivity index (χ4n) is 7.43. The minimum atomic E-state index is 0.339. The molecule has 1 atom stereocenters. The second kappa shape index (κ2) is 11.1. The molecule has 0 spiro atoms. The lowest BCUT2D eigenvalue weighted by atomic mass is 9.95. The van der Waals surface area contributed by atoms with Crippen LogP contribution in [0.5, 0.6) is 0 Å². The molecule has 9 rings (SSSR count). The first-order valence-electron chi connectivity index (χ1n) is 16.3. The number of hydrogen-bond acceptors (Lipinski definition) is 2. The van der Waals surface area contributed by atoms with E-state index in [4.69, 9.17) is 4.98 Å². The van der Waals surface area contributed by atoms with Gasteiger partial charge < -0.3 is 4.90 Å². The molecule has 1 aromatic heterocycles. The van der Waals surface area contributed by atoms with Crippen LogP contribution in [0.2, 0.25) is 0 Å². The van der Waals surface area contributed by atoms with Gasteiger partial charge in [-0.2, -0.15) is 0 Å². The van der Waals surface area contributed by atoms with Crippen molar-refractivity contribution in [1.29, 1.82) is 0 Å². The molecule has 7 aromatic carbocycles. The van der Waals surface area contributed by atoms with Gasteiger partial charge in [0.2, 0.25) is 0 Å². The molecule has 1 heterocycles. The Kier molecular flexibility index (Phi) is 6.46.